The zero-order valence-electron chi connectivity index (χ0n) is 17.4. The van der Waals surface area contributed by atoms with Gasteiger partial charge >= 0.3 is 5.97 Å². The van der Waals surface area contributed by atoms with E-state index in [4.69, 9.17) is 9.41 Å². The van der Waals surface area contributed by atoms with Crippen molar-refractivity contribution in [3.63, 3.8) is 0 Å². The number of furan rings is 1. The molecule has 5 rings (SSSR count). The minimum Gasteiger partial charge on any atom is -0.478 e. The lowest BCUT2D eigenvalue weighted by atomic mass is 10.0. The van der Waals surface area contributed by atoms with Gasteiger partial charge in [0.25, 0.3) is 0 Å². The Morgan fingerprint density at radius 1 is 1.26 bits per heavy atom. The van der Waals surface area contributed by atoms with E-state index in [1.54, 1.807) is 30.1 Å². The average Bonchev–Trinajstić information content (AvgIpc) is 3.49. The predicted molar refractivity (Wildman–Crippen MR) is 121 cm³/mol. The molecule has 7 heteroatoms. The molecule has 3 aromatic rings. The number of hydrogen-bond donors (Lipinski definition) is 1. The second-order valence-electron chi connectivity index (χ2n) is 7.87. The van der Waals surface area contributed by atoms with Crippen LogP contribution < -0.4 is 0 Å². The Labute approximate surface area is 185 Å². The molecule has 1 N–H and O–H groups in total. The highest BCUT2D eigenvalue weighted by Crippen LogP contribution is 2.49. The van der Waals surface area contributed by atoms with Crippen LogP contribution in [0.3, 0.4) is 0 Å². The number of carboxylic acid groups (broad SMARTS) is 1. The number of pyridine rings is 1. The number of thioether (sulfide) groups is 1. The van der Waals surface area contributed by atoms with Crippen molar-refractivity contribution in [1.82, 2.24) is 9.88 Å². The van der Waals surface area contributed by atoms with Gasteiger partial charge in [0.2, 0.25) is 0 Å². The molecular formula is C24H23N3O3S. The number of carbonyl (C=O) groups is 1. The molecular weight excluding hydrogens is 410 g/mol. The van der Waals surface area contributed by atoms with Gasteiger partial charge in [-0.1, -0.05) is 30.8 Å². The number of aliphatic imine (C=N–C) groups is 1. The molecule has 1 fully saturated rings. The molecule has 0 radical (unpaired) electrons. The highest BCUT2D eigenvalue weighted by atomic mass is 32.2. The Hall–Kier alpha value is -3.06. The number of aryl methyl sites for hydroxylation is 1. The average molecular weight is 434 g/mol. The van der Waals surface area contributed by atoms with Crippen LogP contribution in [0.4, 0.5) is 0 Å². The first-order valence-corrected chi connectivity index (χ1v) is 11.4. The molecule has 0 saturated carbocycles. The van der Waals surface area contributed by atoms with E-state index in [-0.39, 0.29) is 17.6 Å². The largest absolute Gasteiger partial charge is 0.478 e. The molecule has 2 aliphatic heterocycles. The summed E-state index contributed by atoms with van der Waals surface area (Å²) in [5, 5.41) is 10.3. The summed E-state index contributed by atoms with van der Waals surface area (Å²) in [7, 11) is 0. The molecule has 3 atom stereocenters. The molecule has 1 aromatic carbocycles. The van der Waals surface area contributed by atoms with Gasteiger partial charge in [-0.3, -0.25) is 4.98 Å². The van der Waals surface area contributed by atoms with Crippen molar-refractivity contribution in [3.05, 3.63) is 77.3 Å². The summed E-state index contributed by atoms with van der Waals surface area (Å²) < 4.78 is 6.39. The third kappa shape index (κ3) is 3.43. The first kappa shape index (κ1) is 19.9. The molecule has 31 heavy (non-hydrogen) atoms. The van der Waals surface area contributed by atoms with Crippen molar-refractivity contribution in [2.45, 2.75) is 38.4 Å². The number of nitrogens with zero attached hydrogens (tertiary/aromatic N) is 3. The summed E-state index contributed by atoms with van der Waals surface area (Å²) in [5.74, 6) is 1.69. The van der Waals surface area contributed by atoms with Gasteiger partial charge < -0.3 is 14.4 Å². The van der Waals surface area contributed by atoms with Gasteiger partial charge in [0.15, 0.2) is 5.17 Å². The highest BCUT2D eigenvalue weighted by molar-refractivity contribution is 8.14. The topological polar surface area (TPSA) is 78.9 Å². The van der Waals surface area contributed by atoms with E-state index in [0.29, 0.717) is 6.04 Å². The maximum absolute atomic E-state index is 11.3. The molecule has 2 aromatic heterocycles. The van der Waals surface area contributed by atoms with E-state index < -0.39 is 5.97 Å². The van der Waals surface area contributed by atoms with Crippen LogP contribution in [0.15, 0.2) is 64.1 Å². The molecule has 3 unspecified atom stereocenters. The van der Waals surface area contributed by atoms with Crippen LogP contribution >= 0.6 is 11.8 Å². The molecule has 158 valence electrons. The van der Waals surface area contributed by atoms with Crippen molar-refractivity contribution < 1.29 is 14.3 Å². The molecule has 4 heterocycles. The standard InChI is InChI=1S/C24H23N3O3S/c1-3-16-13-31-24-26-21(18-6-4-5-11-25-18)22(27(16)24)20-10-9-19(30-20)17-8-7-15(23(28)29)12-14(17)2/h4-12,16,21-22H,3,13H2,1-2H3,(H,28,29). The normalized spacial score (nSPS) is 22.5. The third-order valence-corrected chi connectivity index (χ3v) is 7.11. The van der Waals surface area contributed by atoms with Crippen LogP contribution in [0.25, 0.3) is 11.3 Å². The van der Waals surface area contributed by atoms with Gasteiger partial charge in [-0.15, -0.1) is 0 Å². The van der Waals surface area contributed by atoms with E-state index in [0.717, 1.165) is 45.7 Å². The van der Waals surface area contributed by atoms with Crippen LogP contribution in [0, 0.1) is 6.92 Å². The summed E-state index contributed by atoms with van der Waals surface area (Å²) in [5.41, 5.74) is 2.97. The zero-order valence-corrected chi connectivity index (χ0v) is 18.2. The summed E-state index contributed by atoms with van der Waals surface area (Å²) in [6.07, 6.45) is 2.85. The Balaban J connectivity index is 1.54. The van der Waals surface area contributed by atoms with Crippen LogP contribution in [-0.2, 0) is 0 Å². The highest BCUT2D eigenvalue weighted by Gasteiger charge is 2.46. The summed E-state index contributed by atoms with van der Waals surface area (Å²) >= 11 is 1.80. The minimum absolute atomic E-state index is 0.0443. The van der Waals surface area contributed by atoms with Crippen molar-refractivity contribution in [3.8, 4) is 11.3 Å². The maximum Gasteiger partial charge on any atom is 0.335 e. The SMILES string of the molecule is CCC1CSC2=NC(c3ccccn3)C(c3ccc(-c4ccc(C(=O)O)cc4C)o3)N21. The fraction of sp³-hybridized carbons (Fsp3) is 0.292. The first-order chi connectivity index (χ1) is 15.1. The molecule has 0 spiro atoms. The van der Waals surface area contributed by atoms with Crippen molar-refractivity contribution >= 4 is 22.9 Å². The number of aromatic carboxylic acids is 1. The monoisotopic (exact) mass is 433 g/mol. The van der Waals surface area contributed by atoms with Gasteiger partial charge in [-0.2, -0.15) is 0 Å². The maximum atomic E-state index is 11.3. The number of hydrogen-bond acceptors (Lipinski definition) is 6. The second-order valence-corrected chi connectivity index (χ2v) is 8.86. The van der Waals surface area contributed by atoms with Gasteiger partial charge in [-0.25, -0.2) is 9.79 Å². The van der Waals surface area contributed by atoms with Gasteiger partial charge in [0.05, 0.1) is 11.3 Å². The lowest BCUT2D eigenvalue weighted by Crippen LogP contribution is -2.35. The summed E-state index contributed by atoms with van der Waals surface area (Å²) in [6.45, 7) is 4.11. The quantitative estimate of drug-likeness (QED) is 0.586. The van der Waals surface area contributed by atoms with E-state index in [1.165, 1.54) is 0 Å². The summed E-state index contributed by atoms with van der Waals surface area (Å²) in [4.78, 5) is 23.3. The second kappa shape index (κ2) is 7.89. The first-order valence-electron chi connectivity index (χ1n) is 10.4. The number of carboxylic acids is 1. The molecule has 1 saturated heterocycles. The number of fused-ring (bicyclic) bond motifs is 1. The molecule has 0 amide bonds. The molecule has 0 aliphatic carbocycles. The minimum atomic E-state index is -0.930. The van der Waals surface area contributed by atoms with Crippen molar-refractivity contribution in [2.75, 3.05) is 5.75 Å². The number of aromatic nitrogens is 1. The van der Waals surface area contributed by atoms with Crippen molar-refractivity contribution in [2.24, 2.45) is 4.99 Å². The number of benzene rings is 1. The van der Waals surface area contributed by atoms with Gasteiger partial charge in [0.1, 0.15) is 23.6 Å². The molecule has 2 aliphatic rings. The van der Waals surface area contributed by atoms with E-state index in [9.17, 15) is 9.90 Å². The Bertz CT molecular complexity index is 1160. The van der Waals surface area contributed by atoms with Crippen molar-refractivity contribution in [1.29, 1.82) is 0 Å². The Morgan fingerprint density at radius 3 is 2.84 bits per heavy atom. The zero-order chi connectivity index (χ0) is 21.5. The van der Waals surface area contributed by atoms with Crippen LogP contribution in [0.1, 0.15) is 52.8 Å². The van der Waals surface area contributed by atoms with E-state index in [2.05, 4.69) is 16.8 Å². The van der Waals surface area contributed by atoms with Crippen LogP contribution in [-0.4, -0.2) is 37.9 Å². The fourth-order valence-electron chi connectivity index (χ4n) is 4.39. The lowest BCUT2D eigenvalue weighted by molar-refractivity contribution is 0.0697. The molecule has 6 nitrogen and oxygen atoms in total. The van der Waals surface area contributed by atoms with E-state index >= 15 is 0 Å². The predicted octanol–water partition coefficient (Wildman–Crippen LogP) is 5.33. The van der Waals surface area contributed by atoms with Gasteiger partial charge in [0, 0.05) is 23.6 Å². The van der Waals surface area contributed by atoms with Crippen LogP contribution in [0.5, 0.6) is 0 Å². The van der Waals surface area contributed by atoms with Crippen LogP contribution in [0.2, 0.25) is 0 Å². The number of amidine groups is 1. The smallest absolute Gasteiger partial charge is 0.335 e. The van der Waals surface area contributed by atoms with Gasteiger partial charge in [-0.05, 0) is 55.3 Å². The fourth-order valence-corrected chi connectivity index (χ4v) is 5.73. The summed E-state index contributed by atoms with van der Waals surface area (Å²) in [6, 6.07) is 15.3. The third-order valence-electron chi connectivity index (χ3n) is 5.99. The number of rotatable bonds is 5. The van der Waals surface area contributed by atoms with E-state index in [1.807, 2.05) is 43.3 Å². The molecule has 0 bridgehead atoms. The Morgan fingerprint density at radius 2 is 2.13 bits per heavy atom. The lowest BCUT2D eigenvalue weighted by Gasteiger charge is -2.30. The Kier molecular flexibility index (Phi) is 5.06.